The van der Waals surface area contributed by atoms with Crippen molar-refractivity contribution in [2.75, 3.05) is 32.0 Å². The van der Waals surface area contributed by atoms with Crippen LogP contribution in [0, 0.1) is 5.92 Å². The van der Waals surface area contributed by atoms with Crippen molar-refractivity contribution in [1.29, 1.82) is 0 Å². The molecule has 3 rings (SSSR count). The molecular formula is C18H23N3O. The van der Waals surface area contributed by atoms with E-state index in [4.69, 9.17) is 0 Å². The first-order chi connectivity index (χ1) is 10.8. The van der Waals surface area contributed by atoms with Gasteiger partial charge in [-0.2, -0.15) is 0 Å². The fourth-order valence-electron chi connectivity index (χ4n) is 3.16. The second-order valence-electron chi connectivity index (χ2n) is 5.94. The van der Waals surface area contributed by atoms with Crippen molar-refractivity contribution < 1.29 is 4.79 Å². The summed E-state index contributed by atoms with van der Waals surface area (Å²) in [6.07, 6.45) is 2.15. The predicted molar refractivity (Wildman–Crippen MR) is 91.2 cm³/mol. The van der Waals surface area contributed by atoms with Gasteiger partial charge in [-0.25, -0.2) is 4.79 Å². The Kier molecular flexibility index (Phi) is 4.59. The van der Waals surface area contributed by atoms with Crippen molar-refractivity contribution >= 4 is 22.5 Å². The van der Waals surface area contributed by atoms with Crippen LogP contribution in [0.25, 0.3) is 10.8 Å². The quantitative estimate of drug-likeness (QED) is 0.913. The lowest BCUT2D eigenvalue weighted by Crippen LogP contribution is -2.42. The van der Waals surface area contributed by atoms with E-state index in [-0.39, 0.29) is 6.03 Å². The van der Waals surface area contributed by atoms with Crippen molar-refractivity contribution in [2.45, 2.75) is 12.8 Å². The number of nitrogens with one attached hydrogen (secondary N) is 2. The maximum atomic E-state index is 12.5. The van der Waals surface area contributed by atoms with E-state index in [0.717, 1.165) is 48.9 Å². The van der Waals surface area contributed by atoms with Crippen LogP contribution in [0.15, 0.2) is 42.5 Å². The minimum atomic E-state index is 0.0132. The normalized spacial score (nSPS) is 16.0. The Morgan fingerprint density at radius 2 is 1.86 bits per heavy atom. The number of hydrogen-bond donors (Lipinski definition) is 2. The predicted octanol–water partition coefficient (Wildman–Crippen LogP) is 3.30. The van der Waals surface area contributed by atoms with Gasteiger partial charge in [-0.15, -0.1) is 0 Å². The first-order valence-corrected chi connectivity index (χ1v) is 7.96. The van der Waals surface area contributed by atoms with Crippen LogP contribution >= 0.6 is 0 Å². The van der Waals surface area contributed by atoms with Crippen molar-refractivity contribution in [3.8, 4) is 0 Å². The van der Waals surface area contributed by atoms with Gasteiger partial charge in [0.15, 0.2) is 0 Å². The van der Waals surface area contributed by atoms with Crippen LogP contribution in [0.3, 0.4) is 0 Å². The summed E-state index contributed by atoms with van der Waals surface area (Å²) in [7, 11) is 1.99. The molecule has 4 heteroatoms. The lowest BCUT2D eigenvalue weighted by molar-refractivity contribution is 0.182. The van der Waals surface area contributed by atoms with Gasteiger partial charge in [-0.05, 0) is 43.8 Å². The number of nitrogens with zero attached hydrogens (tertiary/aromatic N) is 1. The van der Waals surface area contributed by atoms with E-state index >= 15 is 0 Å². The summed E-state index contributed by atoms with van der Waals surface area (Å²) < 4.78 is 0. The van der Waals surface area contributed by atoms with Crippen molar-refractivity contribution in [1.82, 2.24) is 10.2 Å². The highest BCUT2D eigenvalue weighted by molar-refractivity contribution is 6.01. The minimum absolute atomic E-state index is 0.0132. The number of likely N-dealkylation sites (tertiary alicyclic amines) is 1. The van der Waals surface area contributed by atoms with E-state index in [1.807, 2.05) is 42.3 Å². The highest BCUT2D eigenvalue weighted by Gasteiger charge is 2.22. The first kappa shape index (κ1) is 14.9. The molecule has 1 heterocycles. The number of amides is 2. The van der Waals surface area contributed by atoms with Crippen LogP contribution in [-0.2, 0) is 0 Å². The Morgan fingerprint density at radius 1 is 1.14 bits per heavy atom. The molecule has 116 valence electrons. The van der Waals surface area contributed by atoms with Gasteiger partial charge in [0.1, 0.15) is 0 Å². The first-order valence-electron chi connectivity index (χ1n) is 7.96. The number of hydrogen-bond acceptors (Lipinski definition) is 2. The Morgan fingerprint density at radius 3 is 2.64 bits per heavy atom. The van der Waals surface area contributed by atoms with E-state index in [1.165, 1.54) is 0 Å². The van der Waals surface area contributed by atoms with Gasteiger partial charge in [-0.1, -0.05) is 36.4 Å². The molecule has 2 aromatic rings. The lowest BCUT2D eigenvalue weighted by Gasteiger charge is -2.32. The number of carbonyl (C=O) groups excluding carboxylic acids is 1. The average Bonchev–Trinajstić information content (AvgIpc) is 2.56. The van der Waals surface area contributed by atoms with Gasteiger partial charge in [0, 0.05) is 18.5 Å². The van der Waals surface area contributed by atoms with Crippen LogP contribution < -0.4 is 10.6 Å². The molecule has 0 radical (unpaired) electrons. The number of piperidine rings is 1. The van der Waals surface area contributed by atoms with Gasteiger partial charge < -0.3 is 15.5 Å². The van der Waals surface area contributed by atoms with Gasteiger partial charge >= 0.3 is 6.03 Å². The molecule has 0 bridgehead atoms. The Balaban J connectivity index is 1.67. The molecule has 2 aromatic carbocycles. The van der Waals surface area contributed by atoms with Crippen molar-refractivity contribution in [3.05, 3.63) is 42.5 Å². The van der Waals surface area contributed by atoms with Crippen molar-refractivity contribution in [2.24, 2.45) is 5.92 Å². The summed E-state index contributed by atoms with van der Waals surface area (Å²) in [4.78, 5) is 14.4. The Bertz CT molecular complexity index is 642. The van der Waals surface area contributed by atoms with Gasteiger partial charge in [0.2, 0.25) is 0 Å². The summed E-state index contributed by atoms with van der Waals surface area (Å²) in [6, 6.07) is 14.2. The number of fused-ring (bicyclic) bond motifs is 1. The topological polar surface area (TPSA) is 44.4 Å². The van der Waals surface area contributed by atoms with E-state index in [0.29, 0.717) is 5.92 Å². The van der Waals surface area contributed by atoms with Gasteiger partial charge in [0.05, 0.1) is 5.69 Å². The molecule has 1 aliphatic heterocycles. The second-order valence-corrected chi connectivity index (χ2v) is 5.94. The fourth-order valence-corrected chi connectivity index (χ4v) is 3.16. The van der Waals surface area contributed by atoms with Gasteiger partial charge in [0.25, 0.3) is 0 Å². The molecule has 1 fully saturated rings. The Hall–Kier alpha value is -2.07. The fraction of sp³-hybridized carbons (Fsp3) is 0.389. The zero-order chi connectivity index (χ0) is 15.4. The molecule has 0 unspecified atom stereocenters. The van der Waals surface area contributed by atoms with Gasteiger partial charge in [-0.3, -0.25) is 0 Å². The number of anilines is 1. The van der Waals surface area contributed by atoms with Crippen LogP contribution in [0.5, 0.6) is 0 Å². The number of carbonyl (C=O) groups is 1. The van der Waals surface area contributed by atoms with E-state index in [1.54, 1.807) is 0 Å². The third-order valence-electron chi connectivity index (χ3n) is 4.43. The third kappa shape index (κ3) is 3.22. The van der Waals surface area contributed by atoms with Crippen molar-refractivity contribution in [3.63, 3.8) is 0 Å². The highest BCUT2D eigenvalue weighted by Crippen LogP contribution is 2.24. The van der Waals surface area contributed by atoms with E-state index in [2.05, 4.69) is 22.8 Å². The number of benzene rings is 2. The highest BCUT2D eigenvalue weighted by atomic mass is 16.2. The molecule has 0 atom stereocenters. The SMILES string of the molecule is CNCC1CCN(C(=O)Nc2cccc3ccccc23)CC1. The largest absolute Gasteiger partial charge is 0.325 e. The maximum absolute atomic E-state index is 12.5. The summed E-state index contributed by atoms with van der Waals surface area (Å²) >= 11 is 0. The van der Waals surface area contributed by atoms with Crippen LogP contribution in [0.2, 0.25) is 0 Å². The molecule has 1 aliphatic rings. The summed E-state index contributed by atoms with van der Waals surface area (Å²) in [6.45, 7) is 2.71. The Labute approximate surface area is 131 Å². The average molecular weight is 297 g/mol. The molecule has 0 spiro atoms. The zero-order valence-electron chi connectivity index (χ0n) is 13.0. The van der Waals surface area contributed by atoms with E-state index < -0.39 is 0 Å². The van der Waals surface area contributed by atoms with E-state index in [9.17, 15) is 4.79 Å². The summed E-state index contributed by atoms with van der Waals surface area (Å²) in [5, 5.41) is 8.53. The van der Waals surface area contributed by atoms with Crippen LogP contribution in [0.4, 0.5) is 10.5 Å². The second kappa shape index (κ2) is 6.79. The maximum Gasteiger partial charge on any atom is 0.321 e. The molecule has 2 N–H and O–H groups in total. The lowest BCUT2D eigenvalue weighted by atomic mass is 9.97. The zero-order valence-corrected chi connectivity index (χ0v) is 13.0. The van der Waals surface area contributed by atoms with Crippen LogP contribution in [0.1, 0.15) is 12.8 Å². The molecule has 2 amide bonds. The minimum Gasteiger partial charge on any atom is -0.325 e. The number of rotatable bonds is 3. The summed E-state index contributed by atoms with van der Waals surface area (Å²) in [5.74, 6) is 0.687. The standard InChI is InChI=1S/C18H23N3O/c1-19-13-14-9-11-21(12-10-14)18(22)20-17-8-4-6-15-5-2-3-7-16(15)17/h2-8,14,19H,9-13H2,1H3,(H,20,22). The molecular weight excluding hydrogens is 274 g/mol. The molecule has 0 aromatic heterocycles. The van der Waals surface area contributed by atoms with Crippen LogP contribution in [-0.4, -0.2) is 37.6 Å². The smallest absolute Gasteiger partial charge is 0.321 e. The summed E-state index contributed by atoms with van der Waals surface area (Å²) in [5.41, 5.74) is 0.889. The molecule has 0 saturated carbocycles. The molecule has 4 nitrogen and oxygen atoms in total. The number of urea groups is 1. The third-order valence-corrected chi connectivity index (χ3v) is 4.43. The monoisotopic (exact) mass is 297 g/mol. The molecule has 0 aliphatic carbocycles. The molecule has 1 saturated heterocycles. The molecule has 22 heavy (non-hydrogen) atoms.